The SMILES string of the molecule is CCCCCCCN(C(=O)C(C)NC(=O)OC(C)(C)C)C(C(=O)NCCCC)c1ccccc1C. The molecular weight excluding hydrogens is 442 g/mol. The van der Waals surface area contributed by atoms with Crippen molar-refractivity contribution in [3.8, 4) is 0 Å². The smallest absolute Gasteiger partial charge is 0.408 e. The Balaban J connectivity index is 3.25. The molecule has 0 aliphatic carbocycles. The second-order valence-electron chi connectivity index (χ2n) is 10.2. The van der Waals surface area contributed by atoms with Crippen LogP contribution in [0.1, 0.15) is 104 Å². The third-order valence-corrected chi connectivity index (χ3v) is 5.76. The molecule has 1 aromatic rings. The molecule has 1 aromatic carbocycles. The first-order valence-electron chi connectivity index (χ1n) is 13.1. The fourth-order valence-electron chi connectivity index (χ4n) is 3.88. The minimum absolute atomic E-state index is 0.195. The average Bonchev–Trinajstić information content (AvgIpc) is 2.77. The predicted molar refractivity (Wildman–Crippen MR) is 141 cm³/mol. The van der Waals surface area contributed by atoms with E-state index in [1.165, 1.54) is 0 Å². The zero-order chi connectivity index (χ0) is 26.4. The summed E-state index contributed by atoms with van der Waals surface area (Å²) in [7, 11) is 0. The van der Waals surface area contributed by atoms with Gasteiger partial charge in [0, 0.05) is 13.1 Å². The number of carbonyl (C=O) groups excluding carboxylic acids is 3. The number of nitrogens with one attached hydrogen (secondary N) is 2. The number of hydrogen-bond donors (Lipinski definition) is 2. The number of rotatable bonds is 14. The number of carbonyl (C=O) groups is 3. The molecule has 0 spiro atoms. The largest absolute Gasteiger partial charge is 0.444 e. The van der Waals surface area contributed by atoms with E-state index in [9.17, 15) is 14.4 Å². The van der Waals surface area contributed by atoms with Crippen LogP contribution in [-0.4, -0.2) is 47.5 Å². The van der Waals surface area contributed by atoms with Crippen LogP contribution in [0.4, 0.5) is 4.79 Å². The number of hydrogen-bond acceptors (Lipinski definition) is 4. The van der Waals surface area contributed by atoms with Crippen molar-refractivity contribution < 1.29 is 19.1 Å². The summed E-state index contributed by atoms with van der Waals surface area (Å²) in [5.74, 6) is -0.496. The molecule has 2 atom stereocenters. The Hall–Kier alpha value is -2.57. The van der Waals surface area contributed by atoms with Crippen LogP contribution in [0, 0.1) is 6.92 Å². The second kappa shape index (κ2) is 15.4. The number of ether oxygens (including phenoxy) is 1. The van der Waals surface area contributed by atoms with Crippen LogP contribution in [0.25, 0.3) is 0 Å². The maximum Gasteiger partial charge on any atom is 0.408 e. The van der Waals surface area contributed by atoms with Crippen molar-refractivity contribution in [3.05, 3.63) is 35.4 Å². The summed E-state index contributed by atoms with van der Waals surface area (Å²) in [6, 6.07) is 6.07. The van der Waals surface area contributed by atoms with Crippen LogP contribution >= 0.6 is 0 Å². The lowest BCUT2D eigenvalue weighted by Gasteiger charge is -2.34. The maximum atomic E-state index is 13.7. The lowest BCUT2D eigenvalue weighted by Crippen LogP contribution is -2.52. The minimum Gasteiger partial charge on any atom is -0.444 e. The Kier molecular flexibility index (Phi) is 13.4. The summed E-state index contributed by atoms with van der Waals surface area (Å²) < 4.78 is 5.34. The number of unbranched alkanes of at least 4 members (excludes halogenated alkanes) is 5. The van der Waals surface area contributed by atoms with Gasteiger partial charge >= 0.3 is 6.09 Å². The van der Waals surface area contributed by atoms with E-state index in [0.29, 0.717) is 13.1 Å². The molecule has 35 heavy (non-hydrogen) atoms. The molecular formula is C28H47N3O4. The van der Waals surface area contributed by atoms with E-state index in [1.54, 1.807) is 32.6 Å². The van der Waals surface area contributed by atoms with Gasteiger partial charge in [0.2, 0.25) is 11.8 Å². The van der Waals surface area contributed by atoms with Gasteiger partial charge in [0.15, 0.2) is 0 Å². The zero-order valence-electron chi connectivity index (χ0n) is 22.9. The fraction of sp³-hybridized carbons (Fsp3) is 0.679. The molecule has 0 bridgehead atoms. The number of alkyl carbamates (subject to hydrolysis) is 1. The van der Waals surface area contributed by atoms with Gasteiger partial charge in [-0.05, 0) is 58.6 Å². The van der Waals surface area contributed by atoms with Crippen LogP contribution in [0.15, 0.2) is 24.3 Å². The highest BCUT2D eigenvalue weighted by molar-refractivity contribution is 5.92. The molecule has 2 unspecified atom stereocenters. The van der Waals surface area contributed by atoms with Gasteiger partial charge in [0.1, 0.15) is 17.7 Å². The first-order valence-corrected chi connectivity index (χ1v) is 13.1. The molecule has 0 radical (unpaired) electrons. The molecule has 0 aliphatic rings. The first-order chi connectivity index (χ1) is 16.5. The number of aryl methyl sites for hydroxylation is 1. The van der Waals surface area contributed by atoms with Gasteiger partial charge < -0.3 is 20.3 Å². The summed E-state index contributed by atoms with van der Waals surface area (Å²) in [6.07, 6.45) is 6.30. The maximum absolute atomic E-state index is 13.7. The van der Waals surface area contributed by atoms with Crippen molar-refractivity contribution in [2.75, 3.05) is 13.1 Å². The van der Waals surface area contributed by atoms with Crippen molar-refractivity contribution in [3.63, 3.8) is 0 Å². The van der Waals surface area contributed by atoms with Gasteiger partial charge in [-0.1, -0.05) is 70.2 Å². The summed E-state index contributed by atoms with van der Waals surface area (Å²) in [5.41, 5.74) is 1.07. The predicted octanol–water partition coefficient (Wildman–Crippen LogP) is 5.66. The molecule has 0 aliphatic heterocycles. The van der Waals surface area contributed by atoms with Crippen molar-refractivity contribution in [2.45, 2.75) is 111 Å². The van der Waals surface area contributed by atoms with Crippen LogP contribution in [0.2, 0.25) is 0 Å². The van der Waals surface area contributed by atoms with Crippen LogP contribution in [-0.2, 0) is 14.3 Å². The van der Waals surface area contributed by atoms with E-state index in [1.807, 2.05) is 31.2 Å². The number of amides is 3. The summed E-state index contributed by atoms with van der Waals surface area (Å²) in [5, 5.41) is 5.68. The van der Waals surface area contributed by atoms with Crippen molar-refractivity contribution in [1.29, 1.82) is 0 Å². The Labute approximate surface area is 212 Å². The van der Waals surface area contributed by atoms with Crippen molar-refractivity contribution in [1.82, 2.24) is 15.5 Å². The Morgan fingerprint density at radius 2 is 1.60 bits per heavy atom. The fourth-order valence-corrected chi connectivity index (χ4v) is 3.88. The average molecular weight is 490 g/mol. The zero-order valence-corrected chi connectivity index (χ0v) is 22.9. The minimum atomic E-state index is -0.838. The van der Waals surface area contributed by atoms with E-state index in [4.69, 9.17) is 4.74 Å². The highest BCUT2D eigenvalue weighted by Gasteiger charge is 2.35. The van der Waals surface area contributed by atoms with E-state index >= 15 is 0 Å². The van der Waals surface area contributed by atoms with E-state index in [0.717, 1.165) is 56.1 Å². The molecule has 0 fully saturated rings. The van der Waals surface area contributed by atoms with E-state index < -0.39 is 23.8 Å². The summed E-state index contributed by atoms with van der Waals surface area (Å²) >= 11 is 0. The lowest BCUT2D eigenvalue weighted by atomic mass is 9.97. The Bertz CT molecular complexity index is 804. The number of nitrogens with zero attached hydrogens (tertiary/aromatic N) is 1. The standard InChI is InChI=1S/C28H47N3O4/c1-8-10-12-13-16-20-31(26(33)22(4)30-27(34)35-28(5,6)7)24(25(32)29-19-11-9-2)23-18-15-14-17-21(23)3/h14-15,17-18,22,24H,8-13,16,19-20H2,1-7H3,(H,29,32)(H,30,34). The highest BCUT2D eigenvalue weighted by atomic mass is 16.6. The lowest BCUT2D eigenvalue weighted by molar-refractivity contribution is -0.142. The molecule has 0 saturated heterocycles. The molecule has 0 heterocycles. The summed E-state index contributed by atoms with van der Waals surface area (Å²) in [4.78, 5) is 41.2. The van der Waals surface area contributed by atoms with Gasteiger partial charge in [-0.15, -0.1) is 0 Å². The monoisotopic (exact) mass is 489 g/mol. The van der Waals surface area contributed by atoms with Gasteiger partial charge in [-0.3, -0.25) is 9.59 Å². The van der Waals surface area contributed by atoms with Crippen molar-refractivity contribution >= 4 is 17.9 Å². The quantitative estimate of drug-likeness (QED) is 0.330. The molecule has 7 heteroatoms. The topological polar surface area (TPSA) is 87.7 Å². The normalized spacial score (nSPS) is 13.0. The van der Waals surface area contributed by atoms with Crippen LogP contribution in [0.3, 0.4) is 0 Å². The molecule has 1 rings (SSSR count). The van der Waals surface area contributed by atoms with Gasteiger partial charge in [0.05, 0.1) is 0 Å². The van der Waals surface area contributed by atoms with E-state index in [2.05, 4.69) is 24.5 Å². The highest BCUT2D eigenvalue weighted by Crippen LogP contribution is 2.26. The van der Waals surface area contributed by atoms with Crippen LogP contribution < -0.4 is 10.6 Å². The summed E-state index contributed by atoms with van der Waals surface area (Å²) in [6.45, 7) is 14.1. The number of benzene rings is 1. The Morgan fingerprint density at radius 1 is 0.971 bits per heavy atom. The van der Waals surface area contributed by atoms with Gasteiger partial charge in [0.25, 0.3) is 0 Å². The molecule has 198 valence electrons. The molecule has 0 saturated carbocycles. The molecule has 7 nitrogen and oxygen atoms in total. The third-order valence-electron chi connectivity index (χ3n) is 5.76. The van der Waals surface area contributed by atoms with Crippen LogP contribution in [0.5, 0.6) is 0 Å². The van der Waals surface area contributed by atoms with E-state index in [-0.39, 0.29) is 11.8 Å². The molecule has 0 aromatic heterocycles. The van der Waals surface area contributed by atoms with Gasteiger partial charge in [-0.25, -0.2) is 4.79 Å². The van der Waals surface area contributed by atoms with Gasteiger partial charge in [-0.2, -0.15) is 0 Å². The second-order valence-corrected chi connectivity index (χ2v) is 10.2. The third kappa shape index (κ3) is 11.1. The van der Waals surface area contributed by atoms with Crippen molar-refractivity contribution in [2.24, 2.45) is 0 Å². The Morgan fingerprint density at radius 3 is 2.20 bits per heavy atom. The first kappa shape index (κ1) is 30.5. The molecule has 3 amide bonds. The molecule has 2 N–H and O–H groups in total.